The average molecular weight is 947 g/mol. The molecule has 1 aromatic heterocycles. The second-order valence-corrected chi connectivity index (χ2v) is 21.1. The van der Waals surface area contributed by atoms with Crippen LogP contribution >= 0.6 is 18.7 Å². The van der Waals surface area contributed by atoms with Crippen molar-refractivity contribution >= 4 is 82.2 Å². The number of carbonyl (C=O) groups is 4. The van der Waals surface area contributed by atoms with Crippen molar-refractivity contribution in [3.8, 4) is 17.6 Å². The van der Waals surface area contributed by atoms with Crippen molar-refractivity contribution in [1.82, 2.24) is 30.0 Å². The number of para-hydroxylation sites is 1. The predicted octanol–water partition coefficient (Wildman–Crippen LogP) is 6.18. The van der Waals surface area contributed by atoms with Crippen LogP contribution in [0.5, 0.6) is 5.75 Å². The van der Waals surface area contributed by atoms with E-state index in [0.29, 0.717) is 58.5 Å². The van der Waals surface area contributed by atoms with Crippen LogP contribution in [-0.2, 0) is 25.5 Å². The van der Waals surface area contributed by atoms with E-state index < -0.39 is 19.1 Å². The Morgan fingerprint density at radius 3 is 2.49 bits per heavy atom. The van der Waals surface area contributed by atoms with Crippen LogP contribution in [0.1, 0.15) is 60.0 Å². The first-order valence-corrected chi connectivity index (χ1v) is 25.6. The van der Waals surface area contributed by atoms with Gasteiger partial charge in [0.25, 0.3) is 5.91 Å². The third kappa shape index (κ3) is 11.0. The smallest absolute Gasteiger partial charge is 0.255 e. The minimum absolute atomic E-state index is 0.191. The second kappa shape index (κ2) is 20.7. The van der Waals surface area contributed by atoms with Crippen LogP contribution in [-0.4, -0.2) is 127 Å². The summed E-state index contributed by atoms with van der Waals surface area (Å²) in [5.74, 6) is 6.46. The normalized spacial score (nSPS) is 18.1. The molecule has 1 unspecified atom stereocenters. The number of hydrogen-bond acceptors (Lipinski definition) is 13. The Hall–Kier alpha value is -6.24. The number of benzene rings is 3. The number of piperidine rings is 2. The van der Waals surface area contributed by atoms with Gasteiger partial charge >= 0.3 is 0 Å². The molecule has 8 rings (SSSR count). The molecule has 350 valence electrons. The Labute approximate surface area is 396 Å². The molecule has 3 saturated heterocycles. The van der Waals surface area contributed by atoms with Gasteiger partial charge in [-0.2, -0.15) is 4.98 Å². The molecule has 16 nitrogen and oxygen atoms in total. The summed E-state index contributed by atoms with van der Waals surface area (Å²) in [5, 5.41) is 12.8. The van der Waals surface area contributed by atoms with Crippen molar-refractivity contribution < 1.29 is 28.5 Å². The lowest BCUT2D eigenvalue weighted by atomic mass is 10.0. The zero-order valence-electron chi connectivity index (χ0n) is 38.1. The molecule has 5 heterocycles. The fourth-order valence-electron chi connectivity index (χ4n) is 9.27. The summed E-state index contributed by atoms with van der Waals surface area (Å²) < 4.78 is 18.9. The summed E-state index contributed by atoms with van der Waals surface area (Å²) in [4.78, 5) is 68.1. The molecule has 3 fully saturated rings. The van der Waals surface area contributed by atoms with Crippen molar-refractivity contribution in [3.05, 3.63) is 95.2 Å². The van der Waals surface area contributed by atoms with Crippen LogP contribution in [0.25, 0.3) is 0 Å². The van der Waals surface area contributed by atoms with Crippen LogP contribution in [0.3, 0.4) is 0 Å². The molecule has 0 bridgehead atoms. The number of rotatable bonds is 14. The molecule has 4 aromatic rings. The van der Waals surface area contributed by atoms with Crippen LogP contribution in [0.2, 0.25) is 5.02 Å². The molecule has 4 amide bonds. The van der Waals surface area contributed by atoms with E-state index in [-0.39, 0.29) is 35.1 Å². The van der Waals surface area contributed by atoms with Gasteiger partial charge in [0, 0.05) is 87.2 Å². The van der Waals surface area contributed by atoms with E-state index in [4.69, 9.17) is 16.3 Å². The molecule has 0 saturated carbocycles. The van der Waals surface area contributed by atoms with Crippen molar-refractivity contribution in [2.45, 2.75) is 57.2 Å². The summed E-state index contributed by atoms with van der Waals surface area (Å²) in [6.45, 7) is 13.9. The summed E-state index contributed by atoms with van der Waals surface area (Å²) in [7, 11) is -1.02. The predicted molar refractivity (Wildman–Crippen MR) is 263 cm³/mol. The molecule has 18 heteroatoms. The molecule has 67 heavy (non-hydrogen) atoms. The molecule has 0 aliphatic carbocycles. The lowest BCUT2D eigenvalue weighted by Gasteiger charge is -2.43. The minimum atomic E-state index is -2.61. The number of carbonyl (C=O) groups excluding carboxylic acids is 4. The van der Waals surface area contributed by atoms with Crippen molar-refractivity contribution in [3.63, 3.8) is 0 Å². The standard InChI is InChI=1S/C49H56ClN10O6P/c1-5-44(61)52-38-28-39(54-49-51-30-36(50)46(56-49)53-37-15-8-9-16-43(37)67(3,4)65)42(66-2)29-41(38)59-22-19-33(20-23-59)58-26-24-57(25-27-58)21-10-6-7-12-32-13-11-14-34-35(32)31-60(48(34)64)40-17-18-45(62)55-47(40)63/h5,8-9,11,13-16,28-30,33,40H,1,6,10,17-27,31H2,2-4H3,(H,52,61)(H,55,62,63)(H2,51,53,54,56). The Bertz CT molecular complexity index is 2680. The molecule has 0 spiro atoms. The van der Waals surface area contributed by atoms with Gasteiger partial charge in [0.15, 0.2) is 5.82 Å². The topological polar surface area (TPSA) is 181 Å². The number of fused-ring (bicyclic) bond motifs is 1. The third-order valence-electron chi connectivity index (χ3n) is 12.8. The second-order valence-electron chi connectivity index (χ2n) is 17.5. The highest BCUT2D eigenvalue weighted by Crippen LogP contribution is 2.41. The Morgan fingerprint density at radius 1 is 0.985 bits per heavy atom. The number of ether oxygens (including phenoxy) is 1. The van der Waals surface area contributed by atoms with Gasteiger partial charge in [-0.1, -0.05) is 48.2 Å². The summed E-state index contributed by atoms with van der Waals surface area (Å²) in [5.41, 5.74) is 4.82. The van der Waals surface area contributed by atoms with E-state index in [0.717, 1.165) is 88.3 Å². The fourth-order valence-corrected chi connectivity index (χ4v) is 10.6. The van der Waals surface area contributed by atoms with Crippen LogP contribution in [0.15, 0.2) is 73.4 Å². The largest absolute Gasteiger partial charge is 0.494 e. The monoisotopic (exact) mass is 946 g/mol. The number of piperazine rings is 1. The molecule has 1 atom stereocenters. The highest BCUT2D eigenvalue weighted by Gasteiger charge is 2.40. The number of nitrogens with one attached hydrogen (secondary N) is 4. The van der Waals surface area contributed by atoms with Gasteiger partial charge in [-0.25, -0.2) is 4.98 Å². The highest BCUT2D eigenvalue weighted by atomic mass is 35.5. The molecule has 4 N–H and O–H groups in total. The lowest BCUT2D eigenvalue weighted by molar-refractivity contribution is -0.137. The van der Waals surface area contributed by atoms with Gasteiger partial charge in [-0.05, 0) is 87.5 Å². The zero-order valence-corrected chi connectivity index (χ0v) is 39.7. The fraction of sp³-hybridized carbons (Fsp3) is 0.388. The van der Waals surface area contributed by atoms with Crippen molar-refractivity contribution in [2.75, 3.05) is 87.1 Å². The summed E-state index contributed by atoms with van der Waals surface area (Å²) >= 11 is 6.53. The quantitative estimate of drug-likeness (QED) is 0.0371. The molecular weight excluding hydrogens is 891 g/mol. The van der Waals surface area contributed by atoms with E-state index >= 15 is 0 Å². The maximum atomic E-state index is 13.2. The van der Waals surface area contributed by atoms with E-state index in [9.17, 15) is 23.7 Å². The van der Waals surface area contributed by atoms with Gasteiger partial charge < -0.3 is 40.0 Å². The Balaban J connectivity index is 0.840. The Morgan fingerprint density at radius 2 is 1.76 bits per heavy atom. The summed E-state index contributed by atoms with van der Waals surface area (Å²) in [6.07, 6.45) is 6.88. The number of amides is 4. The molecule has 4 aliphatic heterocycles. The highest BCUT2D eigenvalue weighted by molar-refractivity contribution is 7.70. The lowest BCUT2D eigenvalue weighted by Crippen LogP contribution is -2.53. The first kappa shape index (κ1) is 47.3. The zero-order chi connectivity index (χ0) is 47.2. The van der Waals surface area contributed by atoms with Gasteiger partial charge in [0.2, 0.25) is 23.7 Å². The van der Waals surface area contributed by atoms with Crippen LogP contribution < -0.4 is 36.2 Å². The van der Waals surface area contributed by atoms with Gasteiger partial charge in [-0.3, -0.25) is 29.4 Å². The van der Waals surface area contributed by atoms with Crippen molar-refractivity contribution in [2.24, 2.45) is 0 Å². The molecule has 0 radical (unpaired) electrons. The number of methoxy groups -OCH3 is 1. The van der Waals surface area contributed by atoms with E-state index in [1.54, 1.807) is 31.4 Å². The number of imide groups is 1. The average Bonchev–Trinajstić information content (AvgIpc) is 3.66. The SMILES string of the molecule is C=CC(=O)Nc1cc(Nc2ncc(Cl)c(Nc3ccccc3P(C)(C)=O)n2)c(OC)cc1N1CCC(N2CCN(CCCC#Cc3cccc4c3CN(C3CCC(=O)NC3=O)C4=O)CC2)CC1. The minimum Gasteiger partial charge on any atom is -0.494 e. The van der Waals surface area contributed by atoms with Gasteiger partial charge in [0.1, 0.15) is 24.0 Å². The summed E-state index contributed by atoms with van der Waals surface area (Å²) in [6, 6.07) is 16.4. The van der Waals surface area contributed by atoms with Crippen LogP contribution in [0.4, 0.5) is 34.5 Å². The number of anilines is 6. The van der Waals surface area contributed by atoms with Gasteiger partial charge in [-0.15, -0.1) is 0 Å². The third-order valence-corrected chi connectivity index (χ3v) is 14.6. The van der Waals surface area contributed by atoms with Crippen LogP contribution in [0, 0.1) is 11.8 Å². The first-order valence-electron chi connectivity index (χ1n) is 22.6. The maximum Gasteiger partial charge on any atom is 0.255 e. The number of halogens is 1. The number of nitrogens with zero attached hydrogens (tertiary/aromatic N) is 6. The molecular formula is C49H56ClN10O6P. The van der Waals surface area contributed by atoms with E-state index in [1.807, 2.05) is 48.5 Å². The van der Waals surface area contributed by atoms with Crippen molar-refractivity contribution in [1.29, 1.82) is 0 Å². The molecule has 3 aromatic carbocycles. The Kier molecular flexibility index (Phi) is 14.6. The van der Waals surface area contributed by atoms with E-state index in [2.05, 4.69) is 64.4 Å². The molecule has 4 aliphatic rings. The number of aromatic nitrogens is 2. The number of hydrogen-bond donors (Lipinski definition) is 4. The maximum absolute atomic E-state index is 13.2. The van der Waals surface area contributed by atoms with Gasteiger partial charge in [0.05, 0.1) is 36.1 Å². The number of unbranched alkanes of at least 4 members (excludes halogenated alkanes) is 1. The van der Waals surface area contributed by atoms with E-state index in [1.165, 1.54) is 12.3 Å². The first-order chi connectivity index (χ1) is 32.3.